The van der Waals surface area contributed by atoms with E-state index in [2.05, 4.69) is 10.3 Å². The third-order valence-electron chi connectivity index (χ3n) is 2.77. The molecule has 1 heterocycles. The molecular weight excluding hydrogens is 300 g/mol. The molecule has 0 fully saturated rings. The van der Waals surface area contributed by atoms with Crippen LogP contribution in [0.15, 0.2) is 17.6 Å². The van der Waals surface area contributed by atoms with Crippen molar-refractivity contribution in [3.05, 3.63) is 22.7 Å². The number of carboxylic acids is 1. The van der Waals surface area contributed by atoms with Gasteiger partial charge in [-0.15, -0.1) is 11.3 Å². The van der Waals surface area contributed by atoms with Crippen molar-refractivity contribution < 1.29 is 14.7 Å². The van der Waals surface area contributed by atoms with E-state index in [4.69, 9.17) is 16.7 Å². The van der Waals surface area contributed by atoms with Crippen LogP contribution in [0.2, 0.25) is 5.02 Å². The third kappa shape index (κ3) is 3.46. The van der Waals surface area contributed by atoms with Gasteiger partial charge in [0.05, 0.1) is 20.9 Å². The summed E-state index contributed by atoms with van der Waals surface area (Å²) in [7, 11) is 0. The molecule has 106 valence electrons. The SMILES string of the molecule is CC(CC(=O)O)CC(=O)Nc1c(Cl)ccc2scnc12. The number of aliphatic carboxylic acids is 1. The molecule has 0 aliphatic heterocycles. The number of rotatable bonds is 5. The van der Waals surface area contributed by atoms with Crippen molar-refractivity contribution in [2.45, 2.75) is 19.8 Å². The second kappa shape index (κ2) is 6.19. The van der Waals surface area contributed by atoms with Crippen molar-refractivity contribution in [2.24, 2.45) is 5.92 Å². The van der Waals surface area contributed by atoms with E-state index in [1.165, 1.54) is 11.3 Å². The minimum absolute atomic E-state index is 0.0396. The Morgan fingerprint density at radius 3 is 2.90 bits per heavy atom. The Bertz CT molecular complexity index is 656. The Hall–Kier alpha value is -1.66. The fourth-order valence-corrected chi connectivity index (χ4v) is 2.79. The highest BCUT2D eigenvalue weighted by molar-refractivity contribution is 7.16. The number of hydrogen-bond acceptors (Lipinski definition) is 4. The van der Waals surface area contributed by atoms with Crippen molar-refractivity contribution in [1.29, 1.82) is 0 Å². The standard InChI is InChI=1S/C13H13ClN2O3S/c1-7(5-11(18)19)4-10(17)16-12-8(14)2-3-9-13(12)15-6-20-9/h2-3,6-7H,4-5H2,1H3,(H,16,17)(H,18,19). The molecule has 1 atom stereocenters. The first-order chi connectivity index (χ1) is 9.47. The van der Waals surface area contributed by atoms with Gasteiger partial charge in [0.15, 0.2) is 0 Å². The molecule has 2 N–H and O–H groups in total. The number of halogens is 1. The number of aromatic nitrogens is 1. The first kappa shape index (κ1) is 14.7. The minimum atomic E-state index is -0.912. The number of nitrogens with one attached hydrogen (secondary N) is 1. The van der Waals surface area contributed by atoms with Crippen LogP contribution in [0.3, 0.4) is 0 Å². The average Bonchev–Trinajstić information content (AvgIpc) is 2.80. The Kier molecular flexibility index (Phi) is 4.57. The molecule has 0 bridgehead atoms. The van der Waals surface area contributed by atoms with Gasteiger partial charge in [-0.2, -0.15) is 0 Å². The molecule has 0 saturated carbocycles. The molecule has 0 aliphatic carbocycles. The highest BCUT2D eigenvalue weighted by atomic mass is 35.5. The van der Waals surface area contributed by atoms with E-state index in [9.17, 15) is 9.59 Å². The largest absolute Gasteiger partial charge is 0.481 e. The van der Waals surface area contributed by atoms with E-state index in [1.54, 1.807) is 18.5 Å². The fourth-order valence-electron chi connectivity index (χ4n) is 1.90. The van der Waals surface area contributed by atoms with Gasteiger partial charge < -0.3 is 10.4 Å². The zero-order valence-corrected chi connectivity index (χ0v) is 12.3. The van der Waals surface area contributed by atoms with Gasteiger partial charge in [-0.1, -0.05) is 18.5 Å². The number of hydrogen-bond donors (Lipinski definition) is 2. The van der Waals surface area contributed by atoms with E-state index < -0.39 is 5.97 Å². The number of thiazole rings is 1. The summed E-state index contributed by atoms with van der Waals surface area (Å²) >= 11 is 7.54. The molecule has 0 aliphatic rings. The summed E-state index contributed by atoms with van der Waals surface area (Å²) in [5, 5.41) is 11.8. The molecular formula is C13H13ClN2O3S. The molecule has 1 amide bonds. The maximum atomic E-state index is 11.9. The zero-order valence-electron chi connectivity index (χ0n) is 10.7. The number of benzene rings is 1. The number of nitrogens with zero attached hydrogens (tertiary/aromatic N) is 1. The second-order valence-corrected chi connectivity index (χ2v) is 5.87. The molecule has 0 radical (unpaired) electrons. The number of amides is 1. The summed E-state index contributed by atoms with van der Waals surface area (Å²) in [6, 6.07) is 3.55. The highest BCUT2D eigenvalue weighted by Crippen LogP contribution is 2.32. The summed E-state index contributed by atoms with van der Waals surface area (Å²) in [5.41, 5.74) is 2.82. The lowest BCUT2D eigenvalue weighted by Crippen LogP contribution is -2.17. The lowest BCUT2D eigenvalue weighted by Gasteiger charge is -2.11. The Balaban J connectivity index is 2.11. The first-order valence-corrected chi connectivity index (χ1v) is 7.26. The minimum Gasteiger partial charge on any atom is -0.481 e. The molecule has 7 heteroatoms. The maximum absolute atomic E-state index is 11.9. The van der Waals surface area contributed by atoms with Crippen LogP contribution in [0.1, 0.15) is 19.8 Å². The molecule has 2 aromatic rings. The second-order valence-electron chi connectivity index (χ2n) is 4.58. The van der Waals surface area contributed by atoms with Crippen LogP contribution in [0, 0.1) is 5.92 Å². The Morgan fingerprint density at radius 2 is 2.20 bits per heavy atom. The number of carbonyl (C=O) groups is 2. The Labute approximate surface area is 124 Å². The van der Waals surface area contributed by atoms with Gasteiger partial charge in [-0.25, -0.2) is 4.98 Å². The molecule has 0 spiro atoms. The van der Waals surface area contributed by atoms with E-state index in [0.717, 1.165) is 4.70 Å². The van der Waals surface area contributed by atoms with Gasteiger partial charge in [0.25, 0.3) is 0 Å². The van der Waals surface area contributed by atoms with Gasteiger partial charge in [0.2, 0.25) is 5.91 Å². The molecule has 5 nitrogen and oxygen atoms in total. The van der Waals surface area contributed by atoms with Crippen LogP contribution >= 0.6 is 22.9 Å². The molecule has 1 aromatic heterocycles. The van der Waals surface area contributed by atoms with Crippen molar-refractivity contribution in [3.63, 3.8) is 0 Å². The summed E-state index contributed by atoms with van der Waals surface area (Å²) in [5.74, 6) is -1.41. The van der Waals surface area contributed by atoms with Crippen LogP contribution < -0.4 is 5.32 Å². The van der Waals surface area contributed by atoms with E-state index in [1.807, 2.05) is 6.07 Å². The summed E-state index contributed by atoms with van der Waals surface area (Å²) in [6.07, 6.45) is 0.0885. The average molecular weight is 313 g/mol. The van der Waals surface area contributed by atoms with Crippen LogP contribution in [0.25, 0.3) is 10.2 Å². The fraction of sp³-hybridized carbons (Fsp3) is 0.308. The molecule has 20 heavy (non-hydrogen) atoms. The van der Waals surface area contributed by atoms with Gasteiger partial charge in [0.1, 0.15) is 5.52 Å². The maximum Gasteiger partial charge on any atom is 0.303 e. The smallest absolute Gasteiger partial charge is 0.303 e. The predicted molar refractivity (Wildman–Crippen MR) is 79.3 cm³/mol. The van der Waals surface area contributed by atoms with Gasteiger partial charge in [-0.3, -0.25) is 9.59 Å². The summed E-state index contributed by atoms with van der Waals surface area (Å²) < 4.78 is 0.934. The third-order valence-corrected chi connectivity index (χ3v) is 3.88. The Morgan fingerprint density at radius 1 is 1.45 bits per heavy atom. The van der Waals surface area contributed by atoms with E-state index in [0.29, 0.717) is 16.2 Å². The van der Waals surface area contributed by atoms with Crippen LogP contribution in [-0.2, 0) is 9.59 Å². The number of anilines is 1. The van der Waals surface area contributed by atoms with E-state index >= 15 is 0 Å². The normalized spacial score (nSPS) is 12.3. The van der Waals surface area contributed by atoms with Gasteiger partial charge in [-0.05, 0) is 18.1 Å². The van der Waals surface area contributed by atoms with Gasteiger partial charge >= 0.3 is 5.97 Å². The van der Waals surface area contributed by atoms with Crippen LogP contribution in [0.4, 0.5) is 5.69 Å². The molecule has 1 aromatic carbocycles. The van der Waals surface area contributed by atoms with Crippen LogP contribution in [-0.4, -0.2) is 22.0 Å². The predicted octanol–water partition coefficient (Wildman–Crippen LogP) is 3.39. The summed E-state index contributed by atoms with van der Waals surface area (Å²) in [6.45, 7) is 1.72. The molecule has 2 rings (SSSR count). The molecule has 1 unspecified atom stereocenters. The lowest BCUT2D eigenvalue weighted by molar-refractivity contribution is -0.138. The number of carboxylic acid groups (broad SMARTS) is 1. The number of fused-ring (bicyclic) bond motifs is 1. The quantitative estimate of drug-likeness (QED) is 0.887. The number of carbonyl (C=O) groups excluding carboxylic acids is 1. The van der Waals surface area contributed by atoms with Crippen molar-refractivity contribution in [3.8, 4) is 0 Å². The topological polar surface area (TPSA) is 79.3 Å². The summed E-state index contributed by atoms with van der Waals surface area (Å²) in [4.78, 5) is 26.7. The lowest BCUT2D eigenvalue weighted by atomic mass is 10.0. The first-order valence-electron chi connectivity index (χ1n) is 6.00. The zero-order chi connectivity index (χ0) is 14.7. The van der Waals surface area contributed by atoms with Crippen molar-refractivity contribution in [1.82, 2.24) is 4.98 Å². The van der Waals surface area contributed by atoms with Gasteiger partial charge in [0, 0.05) is 12.8 Å². The van der Waals surface area contributed by atoms with E-state index in [-0.39, 0.29) is 24.7 Å². The van der Waals surface area contributed by atoms with Crippen molar-refractivity contribution in [2.75, 3.05) is 5.32 Å². The molecule has 0 saturated heterocycles. The van der Waals surface area contributed by atoms with Crippen LogP contribution in [0.5, 0.6) is 0 Å². The monoisotopic (exact) mass is 312 g/mol. The highest BCUT2D eigenvalue weighted by Gasteiger charge is 2.16. The van der Waals surface area contributed by atoms with Crippen molar-refractivity contribution >= 4 is 50.7 Å².